The van der Waals surface area contributed by atoms with Gasteiger partial charge in [0.1, 0.15) is 17.8 Å². The average molecular weight is 551 g/mol. The number of rotatable bonds is 4. The topological polar surface area (TPSA) is 85.8 Å². The zero-order chi connectivity index (χ0) is 23.9. The van der Waals surface area contributed by atoms with Crippen molar-refractivity contribution in [1.29, 1.82) is 0 Å². The van der Waals surface area contributed by atoms with Crippen LogP contribution < -0.4 is 5.73 Å². The van der Waals surface area contributed by atoms with E-state index < -0.39 is 0 Å². The monoisotopic (exact) mass is 551 g/mol. The molecule has 1 saturated heterocycles. The van der Waals surface area contributed by atoms with Crippen molar-refractivity contribution in [3.05, 3.63) is 66.5 Å². The van der Waals surface area contributed by atoms with Crippen LogP contribution in [0.3, 0.4) is 0 Å². The number of piperidine rings is 1. The van der Waals surface area contributed by atoms with Crippen LogP contribution in [-0.2, 0) is 32.7 Å². The number of anilines is 1. The van der Waals surface area contributed by atoms with Gasteiger partial charge >= 0.3 is 0 Å². The van der Waals surface area contributed by atoms with Crippen LogP contribution in [-0.4, -0.2) is 49.3 Å². The minimum Gasteiger partial charge on any atom is -0.383 e. The first-order chi connectivity index (χ1) is 17.1. The van der Waals surface area contributed by atoms with Crippen molar-refractivity contribution in [1.82, 2.24) is 29.6 Å². The molecular formula is C28H28N7Y-. The van der Waals surface area contributed by atoms with Gasteiger partial charge in [-0.15, -0.1) is 23.6 Å². The molecule has 0 aliphatic carbocycles. The summed E-state index contributed by atoms with van der Waals surface area (Å²) in [6, 6.07) is 20.0. The Balaban J connectivity index is 0.00000267. The second-order valence-corrected chi connectivity index (χ2v) is 9.20. The molecule has 0 amide bonds. The molecular weight excluding hydrogens is 523 g/mol. The quantitative estimate of drug-likeness (QED) is 0.315. The predicted octanol–water partition coefficient (Wildman–Crippen LogP) is 5.05. The molecule has 7 nitrogen and oxygen atoms in total. The molecule has 36 heavy (non-hydrogen) atoms. The van der Waals surface area contributed by atoms with Gasteiger partial charge in [0.2, 0.25) is 0 Å². The number of likely N-dealkylation sites (tertiary alicyclic amines) is 1. The van der Waals surface area contributed by atoms with Crippen molar-refractivity contribution in [3.63, 3.8) is 0 Å². The molecule has 1 aliphatic rings. The molecule has 4 heterocycles. The van der Waals surface area contributed by atoms with E-state index in [0.29, 0.717) is 11.9 Å². The molecule has 0 saturated carbocycles. The average Bonchev–Trinajstić information content (AvgIpc) is 3.30. The summed E-state index contributed by atoms with van der Waals surface area (Å²) in [5, 5.41) is 6.91. The molecule has 0 unspecified atom stereocenters. The third-order valence-corrected chi connectivity index (χ3v) is 7.22. The summed E-state index contributed by atoms with van der Waals surface area (Å²) >= 11 is 0. The summed E-state index contributed by atoms with van der Waals surface area (Å²) in [4.78, 5) is 16.4. The Bertz CT molecular complexity index is 1520. The van der Waals surface area contributed by atoms with Gasteiger partial charge in [-0.25, -0.2) is 14.6 Å². The van der Waals surface area contributed by atoms with Crippen LogP contribution in [0.2, 0.25) is 0 Å². The van der Waals surface area contributed by atoms with E-state index >= 15 is 0 Å². The number of aromatic nitrogens is 5. The van der Waals surface area contributed by atoms with Crippen LogP contribution in [0.4, 0.5) is 5.82 Å². The number of hydrogen-bond acceptors (Lipinski definition) is 6. The van der Waals surface area contributed by atoms with Crippen LogP contribution in [0.1, 0.15) is 31.4 Å². The van der Waals surface area contributed by atoms with Crippen molar-refractivity contribution in [2.24, 2.45) is 0 Å². The Hall–Kier alpha value is -2.74. The van der Waals surface area contributed by atoms with E-state index in [2.05, 4.69) is 63.7 Å². The molecule has 2 N–H and O–H groups in total. The molecule has 2 aromatic carbocycles. The predicted molar refractivity (Wildman–Crippen MR) is 140 cm³/mol. The molecule has 5 aromatic rings. The molecule has 6 rings (SSSR count). The van der Waals surface area contributed by atoms with Crippen molar-refractivity contribution in [3.8, 4) is 22.5 Å². The summed E-state index contributed by atoms with van der Waals surface area (Å²) in [6.45, 7) is 7.52. The van der Waals surface area contributed by atoms with Gasteiger partial charge in [0.05, 0.1) is 11.4 Å². The number of nitrogens with two attached hydrogens (primary N) is 1. The van der Waals surface area contributed by atoms with Gasteiger partial charge in [0.25, 0.3) is 0 Å². The standard InChI is InChI=1S/C28H28N7.Y/c1-3-34-15-13-21(14-16-34)35-28-24(27(29)30-17-31-28)26(33-35)22-11-9-20-10-12-23(32-25(20)18(22)2)19-7-5-4-6-8-19;/h4-9,11-12,17,21H,3,13-16H2,1-2H3,(H2,29,30,31);/q-1;. The molecule has 0 spiro atoms. The Morgan fingerprint density at radius 1 is 1.06 bits per heavy atom. The van der Waals surface area contributed by atoms with Crippen LogP contribution in [0.15, 0.2) is 54.9 Å². The fourth-order valence-corrected chi connectivity index (χ4v) is 5.19. The largest absolute Gasteiger partial charge is 0.383 e. The van der Waals surface area contributed by atoms with E-state index in [1.54, 1.807) is 0 Å². The summed E-state index contributed by atoms with van der Waals surface area (Å²) in [6.07, 6.45) is 3.62. The zero-order valence-corrected chi connectivity index (χ0v) is 23.5. The van der Waals surface area contributed by atoms with Gasteiger partial charge in [-0.05, 0) is 48.6 Å². The SMILES string of the molecule is CCN1CCC(n2nc(-c3ccc4[c-]cc(-c5ccccc5)nc4c3C)c3c(N)ncnc32)CC1.[Y]. The first-order valence-corrected chi connectivity index (χ1v) is 12.2. The fourth-order valence-electron chi connectivity index (χ4n) is 5.19. The maximum Gasteiger partial charge on any atom is 0.164 e. The molecule has 8 heteroatoms. The normalized spacial score (nSPS) is 14.8. The Morgan fingerprint density at radius 2 is 1.83 bits per heavy atom. The van der Waals surface area contributed by atoms with Crippen molar-refractivity contribution < 1.29 is 32.7 Å². The number of benzene rings is 2. The second-order valence-electron chi connectivity index (χ2n) is 9.20. The van der Waals surface area contributed by atoms with E-state index in [-0.39, 0.29) is 32.7 Å². The molecule has 179 valence electrons. The van der Waals surface area contributed by atoms with E-state index in [9.17, 15) is 0 Å². The number of fused-ring (bicyclic) bond motifs is 2. The van der Waals surface area contributed by atoms with Gasteiger partial charge < -0.3 is 15.6 Å². The molecule has 3 aromatic heterocycles. The third-order valence-electron chi connectivity index (χ3n) is 7.22. The summed E-state index contributed by atoms with van der Waals surface area (Å²) in [7, 11) is 0. The maximum atomic E-state index is 6.41. The van der Waals surface area contributed by atoms with Crippen LogP contribution in [0, 0.1) is 13.0 Å². The van der Waals surface area contributed by atoms with Gasteiger partial charge in [0, 0.05) is 45.8 Å². The third kappa shape index (κ3) is 4.34. The van der Waals surface area contributed by atoms with Crippen molar-refractivity contribution in [2.45, 2.75) is 32.7 Å². The molecule has 0 bridgehead atoms. The van der Waals surface area contributed by atoms with Crippen LogP contribution >= 0.6 is 0 Å². The van der Waals surface area contributed by atoms with Crippen molar-refractivity contribution >= 4 is 27.8 Å². The number of nitrogens with zero attached hydrogens (tertiary/aromatic N) is 6. The smallest absolute Gasteiger partial charge is 0.164 e. The Morgan fingerprint density at radius 3 is 2.58 bits per heavy atom. The Labute approximate surface area is 236 Å². The minimum absolute atomic E-state index is 0. The molecule has 1 radical (unpaired) electrons. The number of hydrogen-bond donors (Lipinski definition) is 1. The summed E-state index contributed by atoms with van der Waals surface area (Å²) in [5.74, 6) is 0.458. The second kappa shape index (κ2) is 10.3. The van der Waals surface area contributed by atoms with Gasteiger partial charge in [-0.1, -0.05) is 48.9 Å². The first kappa shape index (κ1) is 24.9. The summed E-state index contributed by atoms with van der Waals surface area (Å²) < 4.78 is 2.08. The van der Waals surface area contributed by atoms with E-state index in [1.165, 1.54) is 6.33 Å². The molecule has 1 fully saturated rings. The maximum absolute atomic E-state index is 6.41. The van der Waals surface area contributed by atoms with E-state index in [1.807, 2.05) is 24.3 Å². The molecule has 1 aliphatic heterocycles. The number of aryl methyl sites for hydroxylation is 1. The number of pyridine rings is 1. The fraction of sp³-hybridized carbons (Fsp3) is 0.286. The summed E-state index contributed by atoms with van der Waals surface area (Å²) in [5.41, 5.74) is 13.0. The van der Waals surface area contributed by atoms with Gasteiger partial charge in [0.15, 0.2) is 5.65 Å². The van der Waals surface area contributed by atoms with Crippen LogP contribution in [0.5, 0.6) is 0 Å². The zero-order valence-electron chi connectivity index (χ0n) is 20.6. The van der Waals surface area contributed by atoms with Gasteiger partial charge in [-0.3, -0.25) is 0 Å². The minimum atomic E-state index is 0. The first-order valence-electron chi connectivity index (χ1n) is 12.2. The molecule has 0 atom stereocenters. The van der Waals surface area contributed by atoms with Gasteiger partial charge in [-0.2, -0.15) is 5.10 Å². The van der Waals surface area contributed by atoms with Crippen LogP contribution in [0.25, 0.3) is 44.5 Å². The number of nitrogen functional groups attached to an aromatic ring is 1. The van der Waals surface area contributed by atoms with Crippen molar-refractivity contribution in [2.75, 3.05) is 25.4 Å². The Kier molecular flexibility index (Phi) is 7.15. The van der Waals surface area contributed by atoms with E-state index in [4.69, 9.17) is 15.8 Å². The van der Waals surface area contributed by atoms with E-state index in [0.717, 1.165) is 82.5 Å².